The maximum Gasteiger partial charge on any atom is 0.277 e. The van der Waals surface area contributed by atoms with Crippen LogP contribution in [-0.2, 0) is 11.3 Å². The first-order valence-corrected chi connectivity index (χ1v) is 11.4. The van der Waals surface area contributed by atoms with Crippen molar-refractivity contribution in [3.8, 4) is 0 Å². The summed E-state index contributed by atoms with van der Waals surface area (Å²) in [5.74, 6) is 0.664. The number of nitrogens with zero attached hydrogens (tertiary/aromatic N) is 2. The molecule has 142 valence electrons. The Morgan fingerprint density at radius 1 is 1.30 bits per heavy atom. The first-order valence-electron chi connectivity index (χ1n) is 9.72. The molecule has 2 atom stereocenters. The number of hydrogen-bond acceptors (Lipinski definition) is 4. The third-order valence-electron chi connectivity index (χ3n) is 5.34. The molecule has 0 bridgehead atoms. The molecular formula is C21H26N3OS2+. The van der Waals surface area contributed by atoms with Crippen molar-refractivity contribution in [2.24, 2.45) is 0 Å². The van der Waals surface area contributed by atoms with E-state index in [0.717, 1.165) is 44.5 Å². The van der Waals surface area contributed by atoms with Crippen molar-refractivity contribution < 1.29 is 9.69 Å². The number of nitrogens with one attached hydrogen (secondary N) is 1. The summed E-state index contributed by atoms with van der Waals surface area (Å²) in [6.07, 6.45) is 2.20. The highest BCUT2D eigenvalue weighted by atomic mass is 32.1. The number of carbonyl (C=O) groups excluding carboxylic acids is 1. The zero-order valence-electron chi connectivity index (χ0n) is 15.7. The maximum absolute atomic E-state index is 12.9. The summed E-state index contributed by atoms with van der Waals surface area (Å²) in [6.45, 7) is 6.36. The molecule has 1 saturated heterocycles. The largest absolute Gasteiger partial charge is 0.337 e. The second-order valence-corrected chi connectivity index (χ2v) is 9.33. The highest BCUT2D eigenvalue weighted by Crippen LogP contribution is 2.32. The van der Waals surface area contributed by atoms with Gasteiger partial charge in [0, 0.05) is 19.0 Å². The molecule has 1 aliphatic rings. The molecule has 1 N–H and O–H groups in total. The van der Waals surface area contributed by atoms with Crippen molar-refractivity contribution in [2.45, 2.75) is 32.2 Å². The van der Waals surface area contributed by atoms with Crippen LogP contribution in [0.3, 0.4) is 0 Å². The maximum atomic E-state index is 12.9. The summed E-state index contributed by atoms with van der Waals surface area (Å²) in [7, 11) is 0. The number of aromatic nitrogens is 1. The minimum atomic E-state index is 0.286. The minimum absolute atomic E-state index is 0.286. The van der Waals surface area contributed by atoms with Crippen molar-refractivity contribution in [3.63, 3.8) is 0 Å². The zero-order valence-corrected chi connectivity index (χ0v) is 17.3. The van der Waals surface area contributed by atoms with E-state index >= 15 is 0 Å². The number of rotatable bonds is 6. The van der Waals surface area contributed by atoms with Gasteiger partial charge in [-0.25, -0.2) is 4.98 Å². The highest BCUT2D eigenvalue weighted by molar-refractivity contribution is 7.18. The van der Waals surface area contributed by atoms with Crippen molar-refractivity contribution >= 4 is 38.8 Å². The van der Waals surface area contributed by atoms with Gasteiger partial charge in [0.05, 0.1) is 26.6 Å². The number of thiazole rings is 1. The Hall–Kier alpha value is -1.76. The molecule has 2 aromatic heterocycles. The van der Waals surface area contributed by atoms with E-state index in [2.05, 4.69) is 47.5 Å². The summed E-state index contributed by atoms with van der Waals surface area (Å²) in [4.78, 5) is 22.5. The second kappa shape index (κ2) is 8.50. The molecule has 4 rings (SSSR count). The first-order chi connectivity index (χ1) is 13.2. The van der Waals surface area contributed by atoms with Crippen LogP contribution in [0.15, 0.2) is 41.8 Å². The molecule has 1 fully saturated rings. The van der Waals surface area contributed by atoms with Crippen LogP contribution in [0.5, 0.6) is 0 Å². The fourth-order valence-corrected chi connectivity index (χ4v) is 5.64. The van der Waals surface area contributed by atoms with Gasteiger partial charge in [-0.3, -0.25) is 4.79 Å². The average Bonchev–Trinajstić information content (AvgIpc) is 3.37. The van der Waals surface area contributed by atoms with E-state index in [1.165, 1.54) is 19.5 Å². The number of quaternary nitrogens is 1. The molecule has 6 heteroatoms. The number of fused-ring (bicyclic) bond motifs is 1. The van der Waals surface area contributed by atoms with E-state index in [1.54, 1.807) is 22.7 Å². The Labute approximate surface area is 168 Å². The smallest absolute Gasteiger partial charge is 0.277 e. The van der Waals surface area contributed by atoms with Gasteiger partial charge in [0.25, 0.3) is 5.91 Å². The Balaban J connectivity index is 1.40. The Bertz CT molecular complexity index is 857. The Kier molecular flexibility index (Phi) is 5.86. The van der Waals surface area contributed by atoms with Crippen molar-refractivity contribution in [1.82, 2.24) is 9.88 Å². The fraction of sp³-hybridized carbons (Fsp3) is 0.429. The highest BCUT2D eigenvalue weighted by Gasteiger charge is 2.28. The summed E-state index contributed by atoms with van der Waals surface area (Å²) in [6, 6.07) is 12.6. The quantitative estimate of drug-likeness (QED) is 0.690. The van der Waals surface area contributed by atoms with Gasteiger partial charge >= 0.3 is 0 Å². The molecule has 4 nitrogen and oxygen atoms in total. The molecule has 0 saturated carbocycles. The van der Waals surface area contributed by atoms with Gasteiger partial charge in [-0.1, -0.05) is 18.2 Å². The van der Waals surface area contributed by atoms with Crippen LogP contribution in [0.4, 0.5) is 0 Å². The van der Waals surface area contributed by atoms with Gasteiger partial charge in [0.1, 0.15) is 6.54 Å². The van der Waals surface area contributed by atoms with E-state index in [-0.39, 0.29) is 5.91 Å². The molecule has 3 aromatic rings. The molecular weight excluding hydrogens is 374 g/mol. The number of thiophene rings is 1. The van der Waals surface area contributed by atoms with Crippen LogP contribution < -0.4 is 4.90 Å². The number of para-hydroxylation sites is 1. The number of carbonyl (C=O) groups is 1. The van der Waals surface area contributed by atoms with E-state index < -0.39 is 0 Å². The van der Waals surface area contributed by atoms with E-state index in [4.69, 9.17) is 4.98 Å². The number of piperidine rings is 1. The predicted molar refractivity (Wildman–Crippen MR) is 113 cm³/mol. The van der Waals surface area contributed by atoms with Crippen molar-refractivity contribution in [2.75, 3.05) is 26.2 Å². The van der Waals surface area contributed by atoms with Crippen LogP contribution in [0.1, 0.15) is 35.6 Å². The predicted octanol–water partition coefficient (Wildman–Crippen LogP) is 3.17. The molecule has 1 unspecified atom stereocenters. The fourth-order valence-electron chi connectivity index (χ4n) is 3.77. The lowest BCUT2D eigenvalue weighted by Crippen LogP contribution is -3.11. The zero-order chi connectivity index (χ0) is 18.6. The van der Waals surface area contributed by atoms with Gasteiger partial charge in [0.2, 0.25) is 0 Å². The average molecular weight is 401 g/mol. The molecule has 1 amide bonds. The molecule has 1 aromatic carbocycles. The SMILES string of the molecule is CC[NH+](CC(=O)N1CCC[C@H](c2nc3ccccc3s2)C1)Cc1cccs1. The van der Waals surface area contributed by atoms with Crippen LogP contribution in [-0.4, -0.2) is 42.0 Å². The van der Waals surface area contributed by atoms with Crippen LogP contribution in [0, 0.1) is 0 Å². The summed E-state index contributed by atoms with van der Waals surface area (Å²) in [5.41, 5.74) is 1.08. The van der Waals surface area contributed by atoms with Gasteiger partial charge < -0.3 is 9.80 Å². The lowest BCUT2D eigenvalue weighted by atomic mass is 9.98. The first kappa shape index (κ1) is 18.6. The third kappa shape index (κ3) is 4.39. The van der Waals surface area contributed by atoms with Crippen LogP contribution >= 0.6 is 22.7 Å². The third-order valence-corrected chi connectivity index (χ3v) is 7.41. The number of likely N-dealkylation sites (tertiary alicyclic amines) is 1. The van der Waals surface area contributed by atoms with Gasteiger partial charge in [-0.15, -0.1) is 22.7 Å². The summed E-state index contributed by atoms with van der Waals surface area (Å²) in [5, 5.41) is 3.30. The molecule has 0 spiro atoms. The standard InChI is InChI=1S/C21H25N3OS2/c1-2-23(14-17-8-6-12-26-17)15-20(25)24-11-5-7-16(13-24)21-22-18-9-3-4-10-19(18)27-21/h3-4,6,8-10,12,16H,2,5,7,11,13-15H2,1H3/p+1/t16-/m0/s1. The van der Waals surface area contributed by atoms with Crippen LogP contribution in [0.25, 0.3) is 10.2 Å². The minimum Gasteiger partial charge on any atom is -0.337 e. The van der Waals surface area contributed by atoms with E-state index in [1.807, 2.05) is 6.07 Å². The molecule has 0 radical (unpaired) electrons. The number of benzene rings is 1. The Morgan fingerprint density at radius 2 is 2.19 bits per heavy atom. The monoisotopic (exact) mass is 400 g/mol. The van der Waals surface area contributed by atoms with E-state index in [9.17, 15) is 4.79 Å². The Morgan fingerprint density at radius 3 is 2.96 bits per heavy atom. The van der Waals surface area contributed by atoms with Gasteiger partial charge in [-0.2, -0.15) is 0 Å². The number of likely N-dealkylation sites (N-methyl/N-ethyl adjacent to an activating group) is 1. The van der Waals surface area contributed by atoms with Gasteiger partial charge in [0.15, 0.2) is 6.54 Å². The second-order valence-electron chi connectivity index (χ2n) is 7.24. The summed E-state index contributed by atoms with van der Waals surface area (Å²) < 4.78 is 1.24. The molecule has 27 heavy (non-hydrogen) atoms. The van der Waals surface area contributed by atoms with Crippen LogP contribution in [0.2, 0.25) is 0 Å². The number of hydrogen-bond donors (Lipinski definition) is 1. The molecule has 3 heterocycles. The normalized spacial score (nSPS) is 18.7. The lowest BCUT2D eigenvalue weighted by molar-refractivity contribution is -0.904. The van der Waals surface area contributed by atoms with Crippen molar-refractivity contribution in [3.05, 3.63) is 51.7 Å². The topological polar surface area (TPSA) is 37.6 Å². The lowest BCUT2D eigenvalue weighted by Gasteiger charge is -2.32. The summed E-state index contributed by atoms with van der Waals surface area (Å²) >= 11 is 3.56. The van der Waals surface area contributed by atoms with E-state index in [0.29, 0.717) is 12.5 Å². The number of amides is 1. The van der Waals surface area contributed by atoms with Gasteiger partial charge in [-0.05, 0) is 43.3 Å². The molecule has 0 aliphatic carbocycles. The van der Waals surface area contributed by atoms with Crippen molar-refractivity contribution in [1.29, 1.82) is 0 Å². The molecule has 1 aliphatic heterocycles.